The van der Waals surface area contributed by atoms with Crippen LogP contribution in [0.1, 0.15) is 46.5 Å². The summed E-state index contributed by atoms with van der Waals surface area (Å²) in [7, 11) is 0. The van der Waals surface area contributed by atoms with E-state index in [1.807, 2.05) is 0 Å². The van der Waals surface area contributed by atoms with Gasteiger partial charge in [-0.05, 0) is 40.2 Å². The minimum absolute atomic E-state index is 0.0395. The Balaban J connectivity index is 2.36. The number of nitrogens with one attached hydrogen (secondary N) is 1. The van der Waals surface area contributed by atoms with Crippen LogP contribution in [0.25, 0.3) is 0 Å². The van der Waals surface area contributed by atoms with Gasteiger partial charge in [-0.25, -0.2) is 0 Å². The number of piperidine rings is 1. The topological polar surface area (TPSA) is 58.6 Å². The van der Waals surface area contributed by atoms with Gasteiger partial charge in [0.25, 0.3) is 0 Å². The van der Waals surface area contributed by atoms with Crippen molar-refractivity contribution in [3.05, 3.63) is 0 Å². The molecule has 1 amide bonds. The summed E-state index contributed by atoms with van der Waals surface area (Å²) in [6, 6.07) is 0.331. The summed E-state index contributed by atoms with van der Waals surface area (Å²) in [5, 5.41) is 2.85. The molecule has 1 saturated heterocycles. The maximum absolute atomic E-state index is 12.1. The predicted octanol–water partition coefficient (Wildman–Crippen LogP) is 1.32. The van der Waals surface area contributed by atoms with Gasteiger partial charge in [-0.1, -0.05) is 6.42 Å². The molecule has 0 bridgehead atoms. The summed E-state index contributed by atoms with van der Waals surface area (Å²) in [6.07, 6.45) is 3.40. The van der Waals surface area contributed by atoms with E-state index in [4.69, 9.17) is 4.74 Å². The Morgan fingerprint density at radius 3 is 2.74 bits per heavy atom. The maximum Gasteiger partial charge on any atom is 0.307 e. The zero-order valence-electron chi connectivity index (χ0n) is 12.3. The van der Waals surface area contributed by atoms with E-state index in [0.29, 0.717) is 19.2 Å². The molecule has 1 aliphatic rings. The van der Waals surface area contributed by atoms with E-state index >= 15 is 0 Å². The molecule has 0 aromatic rings. The quantitative estimate of drug-likeness (QED) is 0.740. The highest BCUT2D eigenvalue weighted by Gasteiger charge is 2.29. The normalized spacial score (nSPS) is 20.3. The molecule has 0 spiro atoms. The summed E-state index contributed by atoms with van der Waals surface area (Å²) >= 11 is 0. The number of esters is 1. The molecule has 0 aromatic heterocycles. The third-order valence-corrected chi connectivity index (χ3v) is 3.44. The van der Waals surface area contributed by atoms with Gasteiger partial charge in [0, 0.05) is 12.6 Å². The standard InChI is InChI=1S/C14H26N2O3/c1-4-19-13(17)8-9-15-14(18)12-7-5-6-10-16(12)11(2)3/h11-12H,4-10H2,1-3H3,(H,15,18)/t12-/m1/s1. The number of likely N-dealkylation sites (tertiary alicyclic amines) is 1. The Hall–Kier alpha value is -1.10. The number of carbonyl (C=O) groups excluding carboxylic acids is 2. The van der Waals surface area contributed by atoms with Crippen molar-refractivity contribution in [1.29, 1.82) is 0 Å². The molecule has 110 valence electrons. The molecule has 5 nitrogen and oxygen atoms in total. The monoisotopic (exact) mass is 270 g/mol. The minimum atomic E-state index is -0.257. The lowest BCUT2D eigenvalue weighted by Crippen LogP contribution is -2.52. The Morgan fingerprint density at radius 1 is 1.37 bits per heavy atom. The van der Waals surface area contributed by atoms with Crippen molar-refractivity contribution in [2.45, 2.75) is 58.5 Å². The molecule has 1 rings (SSSR count). The Kier molecular flexibility index (Phi) is 6.84. The summed E-state index contributed by atoms with van der Waals surface area (Å²) in [5.41, 5.74) is 0. The van der Waals surface area contributed by atoms with Crippen molar-refractivity contribution < 1.29 is 14.3 Å². The highest BCUT2D eigenvalue weighted by molar-refractivity contribution is 5.82. The van der Waals surface area contributed by atoms with Gasteiger partial charge in [0.2, 0.25) is 5.91 Å². The molecule has 0 unspecified atom stereocenters. The Morgan fingerprint density at radius 2 is 2.11 bits per heavy atom. The first kappa shape index (κ1) is 16.0. The van der Waals surface area contributed by atoms with Crippen LogP contribution in [0.3, 0.4) is 0 Å². The van der Waals surface area contributed by atoms with Crippen LogP contribution in [0.15, 0.2) is 0 Å². The van der Waals surface area contributed by atoms with Gasteiger partial charge in [0.05, 0.1) is 19.1 Å². The number of ether oxygens (including phenoxy) is 1. The average molecular weight is 270 g/mol. The molecule has 0 saturated carbocycles. The van der Waals surface area contributed by atoms with E-state index in [1.54, 1.807) is 6.92 Å². The Labute approximate surface area is 115 Å². The fraction of sp³-hybridized carbons (Fsp3) is 0.857. The third kappa shape index (κ3) is 5.19. The van der Waals surface area contributed by atoms with Crippen LogP contribution in [0.4, 0.5) is 0 Å². The van der Waals surface area contributed by atoms with Crippen molar-refractivity contribution in [3.8, 4) is 0 Å². The first-order valence-electron chi connectivity index (χ1n) is 7.25. The second kappa shape index (κ2) is 8.15. The van der Waals surface area contributed by atoms with Gasteiger partial charge in [-0.15, -0.1) is 0 Å². The minimum Gasteiger partial charge on any atom is -0.466 e. The van der Waals surface area contributed by atoms with Crippen LogP contribution in [0, 0.1) is 0 Å². The number of hydrogen-bond acceptors (Lipinski definition) is 4. The van der Waals surface area contributed by atoms with Crippen LogP contribution in [-0.2, 0) is 14.3 Å². The number of carbonyl (C=O) groups is 2. The van der Waals surface area contributed by atoms with Crippen molar-refractivity contribution in [3.63, 3.8) is 0 Å². The molecule has 5 heteroatoms. The maximum atomic E-state index is 12.1. The van der Waals surface area contributed by atoms with Crippen LogP contribution in [0.2, 0.25) is 0 Å². The predicted molar refractivity (Wildman–Crippen MR) is 73.7 cm³/mol. The number of rotatable bonds is 6. The lowest BCUT2D eigenvalue weighted by molar-refractivity contribution is -0.143. The summed E-state index contributed by atoms with van der Waals surface area (Å²) < 4.78 is 4.83. The molecule has 0 aromatic carbocycles. The molecule has 0 radical (unpaired) electrons. The van der Waals surface area contributed by atoms with Crippen molar-refractivity contribution in [2.24, 2.45) is 0 Å². The molecular formula is C14H26N2O3. The van der Waals surface area contributed by atoms with E-state index in [9.17, 15) is 9.59 Å². The molecular weight excluding hydrogens is 244 g/mol. The van der Waals surface area contributed by atoms with Crippen molar-refractivity contribution in [1.82, 2.24) is 10.2 Å². The van der Waals surface area contributed by atoms with E-state index in [2.05, 4.69) is 24.1 Å². The largest absolute Gasteiger partial charge is 0.466 e. The lowest BCUT2D eigenvalue weighted by atomic mass is 9.99. The number of nitrogens with zero attached hydrogens (tertiary/aromatic N) is 1. The van der Waals surface area contributed by atoms with Gasteiger partial charge < -0.3 is 10.1 Å². The molecule has 1 fully saturated rings. The van der Waals surface area contributed by atoms with E-state index < -0.39 is 0 Å². The smallest absolute Gasteiger partial charge is 0.307 e. The van der Waals surface area contributed by atoms with Crippen LogP contribution >= 0.6 is 0 Å². The van der Waals surface area contributed by atoms with Crippen LogP contribution in [-0.4, -0.2) is 48.6 Å². The summed E-state index contributed by atoms with van der Waals surface area (Å²) in [6.45, 7) is 7.73. The molecule has 0 aliphatic carbocycles. The zero-order valence-corrected chi connectivity index (χ0v) is 12.3. The second-order valence-electron chi connectivity index (χ2n) is 5.19. The Bertz CT molecular complexity index is 305. The molecule has 1 atom stereocenters. The fourth-order valence-corrected chi connectivity index (χ4v) is 2.49. The number of hydrogen-bond donors (Lipinski definition) is 1. The molecule has 1 aliphatic heterocycles. The highest BCUT2D eigenvalue weighted by atomic mass is 16.5. The summed E-state index contributed by atoms with van der Waals surface area (Å²) in [4.78, 5) is 25.6. The number of amides is 1. The van der Waals surface area contributed by atoms with Gasteiger partial charge in [0.1, 0.15) is 0 Å². The second-order valence-corrected chi connectivity index (χ2v) is 5.19. The van der Waals surface area contributed by atoms with E-state index in [0.717, 1.165) is 25.8 Å². The summed E-state index contributed by atoms with van der Waals surface area (Å²) in [5.74, 6) is -0.218. The van der Waals surface area contributed by atoms with Crippen LogP contribution < -0.4 is 5.32 Å². The van der Waals surface area contributed by atoms with E-state index in [1.165, 1.54) is 0 Å². The van der Waals surface area contributed by atoms with Gasteiger partial charge in [-0.3, -0.25) is 14.5 Å². The first-order chi connectivity index (χ1) is 9.06. The van der Waals surface area contributed by atoms with Gasteiger partial charge >= 0.3 is 5.97 Å². The van der Waals surface area contributed by atoms with Gasteiger partial charge in [-0.2, -0.15) is 0 Å². The molecule has 1 heterocycles. The van der Waals surface area contributed by atoms with Crippen LogP contribution in [0.5, 0.6) is 0 Å². The van der Waals surface area contributed by atoms with Crippen molar-refractivity contribution >= 4 is 11.9 Å². The SMILES string of the molecule is CCOC(=O)CCNC(=O)[C@H]1CCCCN1C(C)C. The fourth-order valence-electron chi connectivity index (χ4n) is 2.49. The highest BCUT2D eigenvalue weighted by Crippen LogP contribution is 2.19. The molecule has 1 N–H and O–H groups in total. The average Bonchev–Trinajstić information content (AvgIpc) is 2.38. The third-order valence-electron chi connectivity index (χ3n) is 3.44. The van der Waals surface area contributed by atoms with E-state index in [-0.39, 0.29) is 24.3 Å². The first-order valence-corrected chi connectivity index (χ1v) is 7.25. The lowest BCUT2D eigenvalue weighted by Gasteiger charge is -2.37. The van der Waals surface area contributed by atoms with Crippen molar-refractivity contribution in [2.75, 3.05) is 19.7 Å². The molecule has 19 heavy (non-hydrogen) atoms. The van der Waals surface area contributed by atoms with Gasteiger partial charge in [0.15, 0.2) is 0 Å². The zero-order chi connectivity index (χ0) is 14.3.